The standard InChI is InChI=1S/C24H30N2O6S/c1-4-24(5-2)15-19(18-8-6-7-9-20(18)32-24)25-23(27)16-26(33(3,28)29)17-10-11-21-22(14-17)31-13-12-30-21/h6-11,14,19H,4-5,12-13,15-16H2,1-3H3,(H,25,27)/t19-/m0/s1. The number of carbonyl (C=O) groups excluding carboxylic acids is 1. The van der Waals surface area contributed by atoms with Gasteiger partial charge in [-0.3, -0.25) is 9.10 Å². The van der Waals surface area contributed by atoms with Crippen molar-refractivity contribution in [2.45, 2.75) is 44.8 Å². The Bertz CT molecular complexity index is 1130. The molecule has 1 amide bonds. The lowest BCUT2D eigenvalue weighted by atomic mass is 9.83. The Kier molecular flexibility index (Phi) is 6.43. The van der Waals surface area contributed by atoms with Gasteiger partial charge in [0.15, 0.2) is 11.5 Å². The molecule has 2 aliphatic heterocycles. The summed E-state index contributed by atoms with van der Waals surface area (Å²) in [6.07, 6.45) is 3.30. The molecule has 0 spiro atoms. The SMILES string of the molecule is CCC1(CC)C[C@H](NC(=O)CN(c2ccc3c(c2)OCCO3)S(C)(=O)=O)c2ccccc2O1. The predicted molar refractivity (Wildman–Crippen MR) is 126 cm³/mol. The van der Waals surface area contributed by atoms with Crippen LogP contribution in [0.5, 0.6) is 17.2 Å². The maximum absolute atomic E-state index is 13.1. The Hall–Kier alpha value is -2.94. The van der Waals surface area contributed by atoms with Crippen molar-refractivity contribution in [3.8, 4) is 17.2 Å². The molecule has 2 heterocycles. The molecule has 9 heteroatoms. The zero-order chi connectivity index (χ0) is 23.6. The van der Waals surface area contributed by atoms with Crippen LogP contribution in [0.25, 0.3) is 0 Å². The van der Waals surface area contributed by atoms with Gasteiger partial charge in [-0.25, -0.2) is 8.42 Å². The van der Waals surface area contributed by atoms with Crippen molar-refractivity contribution in [3.05, 3.63) is 48.0 Å². The van der Waals surface area contributed by atoms with E-state index in [1.807, 2.05) is 24.3 Å². The van der Waals surface area contributed by atoms with Crippen molar-refractivity contribution >= 4 is 21.6 Å². The molecule has 0 unspecified atom stereocenters. The molecule has 0 radical (unpaired) electrons. The Morgan fingerprint density at radius 3 is 2.45 bits per heavy atom. The number of carbonyl (C=O) groups is 1. The van der Waals surface area contributed by atoms with E-state index in [2.05, 4.69) is 19.2 Å². The quantitative estimate of drug-likeness (QED) is 0.661. The Balaban J connectivity index is 1.57. The molecule has 33 heavy (non-hydrogen) atoms. The van der Waals surface area contributed by atoms with Crippen LogP contribution >= 0.6 is 0 Å². The van der Waals surface area contributed by atoms with Gasteiger partial charge in [0.2, 0.25) is 15.9 Å². The summed E-state index contributed by atoms with van der Waals surface area (Å²) in [7, 11) is -3.72. The minimum Gasteiger partial charge on any atom is -0.487 e. The molecule has 0 saturated heterocycles. The summed E-state index contributed by atoms with van der Waals surface area (Å²) in [6, 6.07) is 12.2. The van der Waals surface area contributed by atoms with Crippen LogP contribution in [-0.4, -0.2) is 45.9 Å². The van der Waals surface area contributed by atoms with Crippen LogP contribution in [0.1, 0.15) is 44.7 Å². The number of amides is 1. The van der Waals surface area contributed by atoms with Crippen LogP contribution in [-0.2, 0) is 14.8 Å². The van der Waals surface area contributed by atoms with E-state index in [1.54, 1.807) is 18.2 Å². The summed E-state index contributed by atoms with van der Waals surface area (Å²) in [6.45, 7) is 4.63. The van der Waals surface area contributed by atoms with E-state index in [0.717, 1.165) is 34.7 Å². The summed E-state index contributed by atoms with van der Waals surface area (Å²) < 4.78 is 43.6. The average molecular weight is 475 g/mol. The second kappa shape index (κ2) is 9.13. The third-order valence-corrected chi connectivity index (χ3v) is 7.46. The molecule has 0 aromatic heterocycles. The molecule has 1 N–H and O–H groups in total. The molecule has 0 fully saturated rings. The molecule has 8 nitrogen and oxygen atoms in total. The number of nitrogens with zero attached hydrogens (tertiary/aromatic N) is 1. The molecule has 2 aliphatic rings. The van der Waals surface area contributed by atoms with E-state index in [-0.39, 0.29) is 18.2 Å². The topological polar surface area (TPSA) is 94.2 Å². The number of hydrogen-bond donors (Lipinski definition) is 1. The number of sulfonamides is 1. The van der Waals surface area contributed by atoms with Gasteiger partial charge >= 0.3 is 0 Å². The first-order valence-electron chi connectivity index (χ1n) is 11.2. The van der Waals surface area contributed by atoms with Crippen LogP contribution in [0.15, 0.2) is 42.5 Å². The fourth-order valence-electron chi connectivity index (χ4n) is 4.39. The molecule has 0 saturated carbocycles. The zero-order valence-corrected chi connectivity index (χ0v) is 20.0. The van der Waals surface area contributed by atoms with Crippen molar-refractivity contribution in [2.75, 3.05) is 30.3 Å². The van der Waals surface area contributed by atoms with Crippen LogP contribution in [0, 0.1) is 0 Å². The van der Waals surface area contributed by atoms with Crippen LogP contribution in [0.3, 0.4) is 0 Å². The number of nitrogens with one attached hydrogen (secondary N) is 1. The van der Waals surface area contributed by atoms with E-state index in [1.165, 1.54) is 0 Å². The minimum atomic E-state index is -3.72. The van der Waals surface area contributed by atoms with E-state index >= 15 is 0 Å². The number of benzene rings is 2. The molecule has 4 rings (SSSR count). The van der Waals surface area contributed by atoms with Gasteiger partial charge in [-0.1, -0.05) is 32.0 Å². The highest BCUT2D eigenvalue weighted by Crippen LogP contribution is 2.42. The predicted octanol–water partition coefficient (Wildman–Crippen LogP) is 3.42. The van der Waals surface area contributed by atoms with Crippen LogP contribution < -0.4 is 23.8 Å². The van der Waals surface area contributed by atoms with Crippen molar-refractivity contribution in [3.63, 3.8) is 0 Å². The summed E-state index contributed by atoms with van der Waals surface area (Å²) >= 11 is 0. The smallest absolute Gasteiger partial charge is 0.241 e. The molecule has 0 bridgehead atoms. The van der Waals surface area contributed by atoms with Gasteiger partial charge in [-0.05, 0) is 31.0 Å². The normalized spacial score (nSPS) is 18.6. The number of para-hydroxylation sites is 1. The number of anilines is 1. The van der Waals surface area contributed by atoms with E-state index in [4.69, 9.17) is 14.2 Å². The van der Waals surface area contributed by atoms with E-state index in [9.17, 15) is 13.2 Å². The summed E-state index contributed by atoms with van der Waals surface area (Å²) in [4.78, 5) is 13.1. The van der Waals surface area contributed by atoms with Crippen molar-refractivity contribution in [1.82, 2.24) is 5.32 Å². The van der Waals surface area contributed by atoms with Crippen LogP contribution in [0.2, 0.25) is 0 Å². The molecular weight excluding hydrogens is 444 g/mol. The number of ether oxygens (including phenoxy) is 3. The van der Waals surface area contributed by atoms with Gasteiger partial charge in [-0.2, -0.15) is 0 Å². The third-order valence-electron chi connectivity index (χ3n) is 6.32. The van der Waals surface area contributed by atoms with Gasteiger partial charge < -0.3 is 19.5 Å². The van der Waals surface area contributed by atoms with Gasteiger partial charge in [0, 0.05) is 18.1 Å². The lowest BCUT2D eigenvalue weighted by Gasteiger charge is -2.41. The fourth-order valence-corrected chi connectivity index (χ4v) is 5.24. The lowest BCUT2D eigenvalue weighted by Crippen LogP contribution is -2.47. The third kappa shape index (κ3) is 4.88. The first kappa shape index (κ1) is 23.2. The van der Waals surface area contributed by atoms with E-state index in [0.29, 0.717) is 36.8 Å². The monoisotopic (exact) mass is 474 g/mol. The fraction of sp³-hybridized carbons (Fsp3) is 0.458. The molecule has 1 atom stereocenters. The highest BCUT2D eigenvalue weighted by atomic mass is 32.2. The van der Waals surface area contributed by atoms with Gasteiger partial charge in [0.1, 0.15) is 31.1 Å². The summed E-state index contributed by atoms with van der Waals surface area (Å²) in [5.74, 6) is 1.38. The van der Waals surface area contributed by atoms with E-state index < -0.39 is 15.9 Å². The van der Waals surface area contributed by atoms with Crippen LogP contribution in [0.4, 0.5) is 5.69 Å². The average Bonchev–Trinajstić information content (AvgIpc) is 2.81. The Morgan fingerprint density at radius 1 is 1.06 bits per heavy atom. The first-order valence-corrected chi connectivity index (χ1v) is 13.0. The minimum absolute atomic E-state index is 0.274. The summed E-state index contributed by atoms with van der Waals surface area (Å²) in [5.41, 5.74) is 0.868. The first-order chi connectivity index (χ1) is 15.7. The highest BCUT2D eigenvalue weighted by Gasteiger charge is 2.39. The second-order valence-electron chi connectivity index (χ2n) is 8.45. The summed E-state index contributed by atoms with van der Waals surface area (Å²) in [5, 5.41) is 3.05. The largest absolute Gasteiger partial charge is 0.487 e. The number of hydrogen-bond acceptors (Lipinski definition) is 6. The number of fused-ring (bicyclic) bond motifs is 2. The lowest BCUT2D eigenvalue weighted by molar-refractivity contribution is -0.121. The molecule has 178 valence electrons. The zero-order valence-electron chi connectivity index (χ0n) is 19.2. The molecule has 0 aliphatic carbocycles. The maximum atomic E-state index is 13.1. The Labute approximate surface area is 194 Å². The Morgan fingerprint density at radius 2 is 1.76 bits per heavy atom. The molecule has 2 aromatic rings. The van der Waals surface area contributed by atoms with Gasteiger partial charge in [0.25, 0.3) is 0 Å². The van der Waals surface area contributed by atoms with Gasteiger partial charge in [-0.15, -0.1) is 0 Å². The maximum Gasteiger partial charge on any atom is 0.241 e. The van der Waals surface area contributed by atoms with Crippen molar-refractivity contribution in [1.29, 1.82) is 0 Å². The van der Waals surface area contributed by atoms with Crippen molar-refractivity contribution < 1.29 is 27.4 Å². The molecular formula is C24H30N2O6S. The highest BCUT2D eigenvalue weighted by molar-refractivity contribution is 7.92. The molecule has 2 aromatic carbocycles. The van der Waals surface area contributed by atoms with Crippen molar-refractivity contribution in [2.24, 2.45) is 0 Å². The second-order valence-corrected chi connectivity index (χ2v) is 10.4. The number of rotatable bonds is 7. The van der Waals surface area contributed by atoms with Gasteiger partial charge in [0.05, 0.1) is 18.0 Å².